The average Bonchev–Trinajstić information content (AvgIpc) is 3.12. The molecule has 0 unspecified atom stereocenters. The molecule has 140 valence electrons. The van der Waals surface area contributed by atoms with Crippen LogP contribution in [0, 0.1) is 5.82 Å². The summed E-state index contributed by atoms with van der Waals surface area (Å²) in [5.41, 5.74) is 6.00. The van der Waals surface area contributed by atoms with E-state index in [4.69, 9.17) is 22.1 Å². The van der Waals surface area contributed by atoms with Crippen molar-refractivity contribution in [2.75, 3.05) is 5.32 Å². The molecule has 1 saturated carbocycles. The van der Waals surface area contributed by atoms with Crippen LogP contribution in [0.2, 0.25) is 5.02 Å². The molecular weight excluding hydrogens is 359 g/mol. The summed E-state index contributed by atoms with van der Waals surface area (Å²) < 4.78 is 20.1. The Morgan fingerprint density at radius 2 is 1.77 bits per heavy atom. The Hall–Kier alpha value is -2.08. The van der Waals surface area contributed by atoms with Gasteiger partial charge in [-0.25, -0.2) is 4.39 Å². The van der Waals surface area contributed by atoms with E-state index in [1.54, 1.807) is 0 Å². The van der Waals surface area contributed by atoms with Crippen molar-refractivity contribution in [1.29, 1.82) is 0 Å². The number of nitrogens with one attached hydrogen (secondary N) is 1. The highest BCUT2D eigenvalue weighted by Crippen LogP contribution is 2.34. The number of ether oxygens (including phenoxy) is 1. The lowest BCUT2D eigenvalue weighted by Gasteiger charge is -2.19. The number of halogens is 2. The minimum Gasteiger partial charge on any atom is -0.489 e. The quantitative estimate of drug-likeness (QED) is 0.807. The van der Waals surface area contributed by atoms with E-state index in [0.29, 0.717) is 29.7 Å². The number of rotatable bonds is 5. The second-order valence-corrected chi connectivity index (χ2v) is 7.18. The fraction of sp³-hybridized carbons (Fsp3) is 0.474. The van der Waals surface area contributed by atoms with Gasteiger partial charge in [0.15, 0.2) is 0 Å². The molecule has 0 radical (unpaired) electrons. The fourth-order valence-electron chi connectivity index (χ4n) is 3.53. The van der Waals surface area contributed by atoms with Crippen molar-refractivity contribution < 1.29 is 18.7 Å². The molecule has 0 spiro atoms. The van der Waals surface area contributed by atoms with Gasteiger partial charge in [-0.15, -0.1) is 0 Å². The van der Waals surface area contributed by atoms with E-state index < -0.39 is 17.6 Å². The highest BCUT2D eigenvalue weighted by molar-refractivity contribution is 6.32. The Morgan fingerprint density at radius 3 is 2.42 bits per heavy atom. The summed E-state index contributed by atoms with van der Waals surface area (Å²) >= 11 is 6.08. The van der Waals surface area contributed by atoms with Crippen LogP contribution in [0.25, 0.3) is 0 Å². The van der Waals surface area contributed by atoms with E-state index in [0.717, 1.165) is 44.6 Å². The van der Waals surface area contributed by atoms with E-state index in [1.165, 1.54) is 6.07 Å². The number of primary amides is 1. The Kier molecular flexibility index (Phi) is 5.81. The molecule has 0 bridgehead atoms. The first kappa shape index (κ1) is 18.7. The van der Waals surface area contributed by atoms with Gasteiger partial charge < -0.3 is 15.8 Å². The van der Waals surface area contributed by atoms with Crippen molar-refractivity contribution in [2.45, 2.75) is 57.5 Å². The van der Waals surface area contributed by atoms with Gasteiger partial charge in [-0.1, -0.05) is 11.6 Å². The second kappa shape index (κ2) is 8.08. The van der Waals surface area contributed by atoms with Gasteiger partial charge in [-0.3, -0.25) is 9.59 Å². The monoisotopic (exact) mass is 380 g/mol. The maximum Gasteiger partial charge on any atom is 0.252 e. The number of nitrogens with two attached hydrogens (primary N) is 1. The summed E-state index contributed by atoms with van der Waals surface area (Å²) in [5, 5.41) is 2.71. The second-order valence-electron chi connectivity index (χ2n) is 6.77. The zero-order valence-corrected chi connectivity index (χ0v) is 15.2. The SMILES string of the molecule is NC(=O)C1=C(C(=O)Nc2cc(OC3CCCC3)c(Cl)cc2F)CCCC1. The predicted octanol–water partition coefficient (Wildman–Crippen LogP) is 4.09. The van der Waals surface area contributed by atoms with Crippen molar-refractivity contribution in [3.05, 3.63) is 34.1 Å². The average molecular weight is 381 g/mol. The van der Waals surface area contributed by atoms with Crippen LogP contribution in [0.3, 0.4) is 0 Å². The van der Waals surface area contributed by atoms with Crippen molar-refractivity contribution in [3.8, 4) is 5.75 Å². The number of carbonyl (C=O) groups excluding carboxylic acids is 2. The van der Waals surface area contributed by atoms with Gasteiger partial charge in [0.1, 0.15) is 11.6 Å². The molecule has 0 aromatic heterocycles. The Balaban J connectivity index is 1.82. The lowest BCUT2D eigenvalue weighted by molar-refractivity contribution is -0.116. The van der Waals surface area contributed by atoms with Crippen molar-refractivity contribution in [1.82, 2.24) is 0 Å². The van der Waals surface area contributed by atoms with Crippen LogP contribution in [0.15, 0.2) is 23.3 Å². The van der Waals surface area contributed by atoms with Gasteiger partial charge in [0.05, 0.1) is 16.8 Å². The summed E-state index contributed by atoms with van der Waals surface area (Å²) in [6.45, 7) is 0. The van der Waals surface area contributed by atoms with Gasteiger partial charge in [0.2, 0.25) is 5.91 Å². The normalized spacial score (nSPS) is 18.1. The molecule has 3 rings (SSSR count). The van der Waals surface area contributed by atoms with Gasteiger partial charge in [-0.05, 0) is 57.4 Å². The molecule has 1 fully saturated rings. The highest BCUT2D eigenvalue weighted by Gasteiger charge is 2.24. The van der Waals surface area contributed by atoms with E-state index in [1.807, 2.05) is 0 Å². The molecule has 2 amide bonds. The third-order valence-electron chi connectivity index (χ3n) is 4.90. The van der Waals surface area contributed by atoms with Gasteiger partial charge in [0.25, 0.3) is 5.91 Å². The molecule has 2 aliphatic carbocycles. The van der Waals surface area contributed by atoms with Crippen LogP contribution in [0.5, 0.6) is 5.75 Å². The third kappa shape index (κ3) is 4.18. The smallest absolute Gasteiger partial charge is 0.252 e. The van der Waals surface area contributed by atoms with Crippen LogP contribution in [-0.2, 0) is 9.59 Å². The zero-order valence-electron chi connectivity index (χ0n) is 14.4. The van der Waals surface area contributed by atoms with Crippen molar-refractivity contribution >= 4 is 29.1 Å². The fourth-order valence-corrected chi connectivity index (χ4v) is 3.72. The molecule has 1 aromatic rings. The molecular formula is C19H22ClFN2O3. The summed E-state index contributed by atoms with van der Waals surface area (Å²) in [4.78, 5) is 24.1. The Labute approximate surface area is 156 Å². The number of hydrogen-bond donors (Lipinski definition) is 2. The first-order valence-corrected chi connectivity index (χ1v) is 9.32. The molecule has 5 nitrogen and oxygen atoms in total. The van der Waals surface area contributed by atoms with E-state index in [9.17, 15) is 14.0 Å². The minimum atomic E-state index is -0.654. The Morgan fingerprint density at radius 1 is 1.12 bits per heavy atom. The molecule has 26 heavy (non-hydrogen) atoms. The van der Waals surface area contributed by atoms with Crippen LogP contribution < -0.4 is 15.8 Å². The predicted molar refractivity (Wildman–Crippen MR) is 97.6 cm³/mol. The van der Waals surface area contributed by atoms with Crippen LogP contribution in [-0.4, -0.2) is 17.9 Å². The molecule has 3 N–H and O–H groups in total. The van der Waals surface area contributed by atoms with Gasteiger partial charge in [0, 0.05) is 17.2 Å². The highest BCUT2D eigenvalue weighted by atomic mass is 35.5. The maximum atomic E-state index is 14.3. The zero-order chi connectivity index (χ0) is 18.7. The third-order valence-corrected chi connectivity index (χ3v) is 5.20. The maximum absolute atomic E-state index is 14.3. The molecule has 7 heteroatoms. The summed E-state index contributed by atoms with van der Waals surface area (Å²) in [6.07, 6.45) is 6.64. The lowest BCUT2D eigenvalue weighted by atomic mass is 9.90. The number of carbonyl (C=O) groups is 2. The summed E-state index contributed by atoms with van der Waals surface area (Å²) in [5.74, 6) is -1.41. The number of amides is 2. The number of anilines is 1. The van der Waals surface area contributed by atoms with Gasteiger partial charge in [-0.2, -0.15) is 0 Å². The summed E-state index contributed by atoms with van der Waals surface area (Å²) in [6, 6.07) is 2.53. The van der Waals surface area contributed by atoms with Crippen LogP contribution in [0.1, 0.15) is 51.4 Å². The molecule has 0 heterocycles. The molecule has 0 atom stereocenters. The van der Waals surface area contributed by atoms with Crippen LogP contribution in [0.4, 0.5) is 10.1 Å². The van der Waals surface area contributed by atoms with E-state index in [2.05, 4.69) is 5.32 Å². The van der Waals surface area contributed by atoms with Crippen molar-refractivity contribution in [3.63, 3.8) is 0 Å². The Bertz CT molecular complexity index is 757. The topological polar surface area (TPSA) is 81.4 Å². The van der Waals surface area contributed by atoms with Crippen molar-refractivity contribution in [2.24, 2.45) is 5.73 Å². The first-order chi connectivity index (χ1) is 12.5. The molecule has 1 aromatic carbocycles. The standard InChI is InChI=1S/C19H22ClFN2O3/c20-14-9-15(21)16(10-17(14)26-11-5-1-2-6-11)23-19(25)13-8-4-3-7-12(13)18(22)24/h9-11H,1-8H2,(H2,22,24)(H,23,25). The number of hydrogen-bond acceptors (Lipinski definition) is 3. The molecule has 0 saturated heterocycles. The van der Waals surface area contributed by atoms with E-state index in [-0.39, 0.29) is 16.8 Å². The summed E-state index contributed by atoms with van der Waals surface area (Å²) in [7, 11) is 0. The largest absolute Gasteiger partial charge is 0.489 e. The molecule has 0 aliphatic heterocycles. The lowest BCUT2D eigenvalue weighted by Crippen LogP contribution is -2.25. The number of benzene rings is 1. The van der Waals surface area contributed by atoms with Crippen LogP contribution >= 0.6 is 11.6 Å². The minimum absolute atomic E-state index is 0.0192. The first-order valence-electron chi connectivity index (χ1n) is 8.94. The molecule has 2 aliphatic rings. The van der Waals surface area contributed by atoms with Gasteiger partial charge >= 0.3 is 0 Å². The van der Waals surface area contributed by atoms with E-state index >= 15 is 0 Å².